The molecular formula is C19H23N11O5S3. The van der Waals surface area contributed by atoms with Gasteiger partial charge in [0.25, 0.3) is 17.6 Å². The molecule has 1 fully saturated rings. The average Bonchev–Trinajstić information content (AvgIpc) is 3.32. The molecule has 2 aliphatic heterocycles. The molecule has 0 saturated carbocycles. The van der Waals surface area contributed by atoms with Crippen molar-refractivity contribution in [2.24, 2.45) is 5.16 Å². The largest absolute Gasteiger partial charge is 0.543 e. The number of hydrogen-bond donors (Lipinski definition) is 6. The first kappa shape index (κ1) is 27.1. The van der Waals surface area contributed by atoms with E-state index in [1.807, 2.05) is 0 Å². The van der Waals surface area contributed by atoms with Gasteiger partial charge in [0.1, 0.15) is 23.7 Å². The molecule has 2 aliphatic rings. The molecule has 16 nitrogen and oxygen atoms in total. The van der Waals surface area contributed by atoms with Gasteiger partial charge in [0.15, 0.2) is 16.5 Å². The quantitative estimate of drug-likeness (QED) is 0.0324. The molecule has 2 amide bonds. The molecule has 38 heavy (non-hydrogen) atoms. The van der Waals surface area contributed by atoms with Crippen molar-refractivity contribution in [2.45, 2.75) is 23.5 Å². The maximum Gasteiger partial charge on any atom is 0.323 e. The van der Waals surface area contributed by atoms with Gasteiger partial charge < -0.3 is 43.0 Å². The summed E-state index contributed by atoms with van der Waals surface area (Å²) in [4.78, 5) is 52.2. The van der Waals surface area contributed by atoms with Crippen LogP contribution in [-0.4, -0.2) is 67.9 Å². The van der Waals surface area contributed by atoms with Gasteiger partial charge in [0.2, 0.25) is 5.82 Å². The zero-order chi connectivity index (χ0) is 27.7. The van der Waals surface area contributed by atoms with Crippen LogP contribution in [0.2, 0.25) is 0 Å². The van der Waals surface area contributed by atoms with E-state index < -0.39 is 29.2 Å². The Morgan fingerprint density at radius 2 is 2.08 bits per heavy atom. The van der Waals surface area contributed by atoms with E-state index in [0.29, 0.717) is 5.57 Å². The van der Waals surface area contributed by atoms with E-state index >= 15 is 0 Å². The molecule has 4 heterocycles. The van der Waals surface area contributed by atoms with Crippen molar-refractivity contribution in [2.75, 3.05) is 46.9 Å². The first-order valence-corrected chi connectivity index (χ1v) is 13.7. The summed E-state index contributed by atoms with van der Waals surface area (Å²) in [6, 6.07) is -1.01. The number of β-lactam (4-membered cyclic amide) rings is 1. The third-order valence-electron chi connectivity index (χ3n) is 5.40. The minimum absolute atomic E-state index is 0.00345. The number of rotatable bonds is 9. The molecular weight excluding hydrogens is 558 g/mol. The molecule has 202 valence electrons. The number of thiazole rings is 1. The summed E-state index contributed by atoms with van der Waals surface area (Å²) >= 11 is 3.44. The van der Waals surface area contributed by atoms with Crippen LogP contribution in [0.15, 0.2) is 27.0 Å². The Morgan fingerprint density at radius 3 is 2.71 bits per heavy atom. The number of fused-ring (bicyclic) bond motifs is 1. The highest BCUT2D eigenvalue weighted by atomic mass is 32.2. The van der Waals surface area contributed by atoms with Crippen molar-refractivity contribution in [3.63, 3.8) is 0 Å². The Balaban J connectivity index is 1.51. The second-order valence-electron chi connectivity index (χ2n) is 7.77. The van der Waals surface area contributed by atoms with E-state index in [-0.39, 0.29) is 62.8 Å². The first-order chi connectivity index (χ1) is 18.0. The van der Waals surface area contributed by atoms with Crippen LogP contribution in [0, 0.1) is 0 Å². The number of carbonyl (C=O) groups is 3. The van der Waals surface area contributed by atoms with E-state index in [1.54, 1.807) is 6.92 Å². The number of carboxylic acids is 1. The number of nitrogens with one attached hydrogen (secondary N) is 1. The Bertz CT molecular complexity index is 1380. The predicted molar refractivity (Wildman–Crippen MR) is 140 cm³/mol. The van der Waals surface area contributed by atoms with E-state index in [4.69, 9.17) is 33.6 Å². The van der Waals surface area contributed by atoms with Crippen molar-refractivity contribution in [3.8, 4) is 0 Å². The fourth-order valence-electron chi connectivity index (χ4n) is 3.56. The fraction of sp³-hybridized carbons (Fsp3) is 0.316. The third-order valence-corrected chi connectivity index (χ3v) is 8.45. The van der Waals surface area contributed by atoms with Crippen LogP contribution in [-0.2, 0) is 19.2 Å². The van der Waals surface area contributed by atoms with Crippen molar-refractivity contribution in [3.05, 3.63) is 22.3 Å². The SMILES string of the molecule is CCO/N=C(\C(=O)NC1C(=O)N2C(C(=O)[O-])=C(CSc3nc(N)c(N)c(N)[n+]3N)CS[C@H]12)c1csc(N)n1. The van der Waals surface area contributed by atoms with E-state index in [9.17, 15) is 19.5 Å². The number of thioether (sulfide) groups is 2. The Morgan fingerprint density at radius 1 is 1.34 bits per heavy atom. The number of oxime groups is 1. The van der Waals surface area contributed by atoms with Crippen LogP contribution in [0.3, 0.4) is 0 Å². The minimum atomic E-state index is -1.54. The number of hydrogen-bond acceptors (Lipinski definition) is 16. The highest BCUT2D eigenvalue weighted by Gasteiger charge is 2.53. The molecule has 0 aliphatic carbocycles. The zero-order valence-electron chi connectivity index (χ0n) is 19.7. The highest BCUT2D eigenvalue weighted by molar-refractivity contribution is 8.01. The summed E-state index contributed by atoms with van der Waals surface area (Å²) in [7, 11) is 0. The summed E-state index contributed by atoms with van der Waals surface area (Å²) in [6.07, 6.45) is 0. The maximum absolute atomic E-state index is 13.0. The number of nitrogen functional groups attached to an aromatic ring is 5. The zero-order valence-corrected chi connectivity index (χ0v) is 22.2. The summed E-state index contributed by atoms with van der Waals surface area (Å²) in [6.45, 7) is 1.88. The van der Waals surface area contributed by atoms with Crippen LogP contribution in [0.25, 0.3) is 0 Å². The molecule has 0 spiro atoms. The smallest absolute Gasteiger partial charge is 0.323 e. The summed E-state index contributed by atoms with van der Waals surface area (Å²) in [5, 5.41) is 19.7. The van der Waals surface area contributed by atoms with Gasteiger partial charge in [-0.15, -0.1) is 27.8 Å². The number of aliphatic carboxylic acids is 1. The standard InChI is InChI=1S/C19H23N11O5S3/c1-2-35-28-9(7-5-37-18(23)25-7)14(31)26-10-15(32)29-11(17(33)34)6(3-36-16(10)29)4-38-19-27-12(21)8(20)13(22)30(19)24/h5,10,16H,2-4,24H2,1H3,(H9,20,21,22,23,25,26,28,31,33,34)/t10?,16-/m1/s1. The molecule has 11 N–H and O–H groups in total. The number of nitrogens with two attached hydrogens (primary N) is 5. The average molecular weight is 582 g/mol. The molecule has 1 unspecified atom stereocenters. The van der Waals surface area contributed by atoms with Crippen LogP contribution in [0.4, 0.5) is 22.5 Å². The van der Waals surface area contributed by atoms with Gasteiger partial charge in [0, 0.05) is 16.9 Å². The summed E-state index contributed by atoms with van der Waals surface area (Å²) < 4.78 is 1.03. The van der Waals surface area contributed by atoms with Gasteiger partial charge in [0.05, 0.1) is 11.7 Å². The van der Waals surface area contributed by atoms with Crippen molar-refractivity contribution in [1.82, 2.24) is 20.2 Å². The van der Waals surface area contributed by atoms with E-state index in [2.05, 4.69) is 20.4 Å². The lowest BCUT2D eigenvalue weighted by molar-refractivity contribution is -0.667. The van der Waals surface area contributed by atoms with Crippen molar-refractivity contribution < 1.29 is 29.0 Å². The number of aromatic nitrogens is 3. The molecule has 19 heteroatoms. The molecule has 0 radical (unpaired) electrons. The summed E-state index contributed by atoms with van der Waals surface area (Å²) in [5.41, 5.74) is 23.1. The normalized spacial score (nSPS) is 19.1. The molecule has 2 aromatic heterocycles. The molecule has 0 bridgehead atoms. The molecule has 0 aromatic carbocycles. The lowest BCUT2D eigenvalue weighted by Crippen LogP contribution is -2.71. The topological polar surface area (TPSA) is 271 Å². The number of carboxylic acid groups (broad SMARTS) is 1. The van der Waals surface area contributed by atoms with Gasteiger partial charge in [-0.2, -0.15) is 0 Å². The highest BCUT2D eigenvalue weighted by Crippen LogP contribution is 2.41. The van der Waals surface area contributed by atoms with Crippen LogP contribution in [0.1, 0.15) is 12.6 Å². The third kappa shape index (κ3) is 4.94. The van der Waals surface area contributed by atoms with Crippen molar-refractivity contribution >= 4 is 80.8 Å². The number of anilines is 4. The number of nitrogens with zero attached hydrogens (tertiary/aromatic N) is 5. The first-order valence-electron chi connectivity index (χ1n) is 10.8. The Labute approximate surface area is 227 Å². The molecule has 2 atom stereocenters. The second-order valence-corrected chi connectivity index (χ2v) is 10.7. The van der Waals surface area contributed by atoms with Gasteiger partial charge in [-0.05, 0) is 24.3 Å². The van der Waals surface area contributed by atoms with Gasteiger partial charge in [-0.3, -0.25) is 20.3 Å². The maximum atomic E-state index is 13.0. The molecule has 4 rings (SSSR count). The van der Waals surface area contributed by atoms with Crippen LogP contribution in [0.5, 0.6) is 0 Å². The van der Waals surface area contributed by atoms with Gasteiger partial charge >= 0.3 is 5.16 Å². The van der Waals surface area contributed by atoms with E-state index in [1.165, 1.54) is 17.1 Å². The lowest BCUT2D eigenvalue weighted by atomic mass is 10.0. The number of carbonyl (C=O) groups excluding carboxylic acids is 3. The Kier molecular flexibility index (Phi) is 7.69. The Hall–Kier alpha value is -3.97. The second kappa shape index (κ2) is 10.8. The van der Waals surface area contributed by atoms with Crippen LogP contribution >= 0.6 is 34.9 Å². The molecule has 1 saturated heterocycles. The number of amides is 2. The van der Waals surface area contributed by atoms with E-state index in [0.717, 1.165) is 32.7 Å². The minimum Gasteiger partial charge on any atom is -0.543 e. The summed E-state index contributed by atoms with van der Waals surface area (Å²) in [5.74, 6) is 3.30. The predicted octanol–water partition coefficient (Wildman–Crippen LogP) is -3.19. The van der Waals surface area contributed by atoms with Crippen LogP contribution < -0.4 is 43.9 Å². The van der Waals surface area contributed by atoms with Crippen molar-refractivity contribution in [1.29, 1.82) is 0 Å². The van der Waals surface area contributed by atoms with Gasteiger partial charge in [-0.25, -0.2) is 4.98 Å². The van der Waals surface area contributed by atoms with Gasteiger partial charge in [-0.1, -0.05) is 10.1 Å². The lowest BCUT2D eigenvalue weighted by Gasteiger charge is -2.50. The monoisotopic (exact) mass is 581 g/mol. The fourth-order valence-corrected chi connectivity index (χ4v) is 6.52. The molecule has 2 aromatic rings.